The molecule has 2 N–H and O–H groups in total. The molecule has 0 fully saturated rings. The number of hydrogen-bond donors (Lipinski definition) is 1. The highest BCUT2D eigenvalue weighted by Gasteiger charge is 2.29. The Hall–Kier alpha value is -0.380. The average molecular weight is 241 g/mol. The normalized spacial score (nSPS) is 17.0. The third kappa shape index (κ3) is 3.58. The van der Waals surface area contributed by atoms with Crippen molar-refractivity contribution >= 4 is 11.3 Å². The Kier molecular flexibility index (Phi) is 5.46. The Labute approximate surface area is 103 Å². The summed E-state index contributed by atoms with van der Waals surface area (Å²) in [6, 6.07) is 4.37. The molecule has 16 heavy (non-hydrogen) atoms. The minimum Gasteiger partial charge on any atom is -0.374 e. The molecule has 0 spiro atoms. The zero-order valence-corrected chi connectivity index (χ0v) is 11.3. The molecule has 0 bridgehead atoms. The van der Waals surface area contributed by atoms with Crippen molar-refractivity contribution in [2.24, 2.45) is 5.73 Å². The Morgan fingerprint density at radius 3 is 2.75 bits per heavy atom. The smallest absolute Gasteiger partial charge is 0.0802 e. The molecule has 0 aliphatic rings. The topological polar surface area (TPSA) is 35.2 Å². The first-order chi connectivity index (χ1) is 7.62. The Balaban J connectivity index is 2.46. The lowest BCUT2D eigenvalue weighted by atomic mass is 9.90. The van der Waals surface area contributed by atoms with Gasteiger partial charge < -0.3 is 10.5 Å². The van der Waals surface area contributed by atoms with Gasteiger partial charge in [0.2, 0.25) is 0 Å². The predicted octanol–water partition coefficient (Wildman–Crippen LogP) is 3.21. The minimum absolute atomic E-state index is 0.111. The summed E-state index contributed by atoms with van der Waals surface area (Å²) in [4.78, 5) is 1.41. The summed E-state index contributed by atoms with van der Waals surface area (Å²) in [5.74, 6) is 0. The van der Waals surface area contributed by atoms with Crippen LogP contribution < -0.4 is 5.73 Å². The highest BCUT2D eigenvalue weighted by Crippen LogP contribution is 2.23. The number of nitrogens with two attached hydrogens (primary N) is 1. The van der Waals surface area contributed by atoms with Crippen LogP contribution in [0.3, 0.4) is 0 Å². The minimum atomic E-state index is -0.175. The van der Waals surface area contributed by atoms with E-state index in [1.54, 1.807) is 11.3 Å². The van der Waals surface area contributed by atoms with Gasteiger partial charge in [-0.15, -0.1) is 11.3 Å². The van der Waals surface area contributed by atoms with Crippen LogP contribution >= 0.6 is 11.3 Å². The summed E-state index contributed by atoms with van der Waals surface area (Å²) < 4.78 is 5.79. The Morgan fingerprint density at radius 2 is 2.25 bits per heavy atom. The van der Waals surface area contributed by atoms with Crippen molar-refractivity contribution in [1.29, 1.82) is 0 Å². The predicted molar refractivity (Wildman–Crippen MR) is 70.9 cm³/mol. The summed E-state index contributed by atoms with van der Waals surface area (Å²) in [6.45, 7) is 7.02. The molecule has 1 aromatic heterocycles. The van der Waals surface area contributed by atoms with E-state index in [0.29, 0.717) is 0 Å². The third-order valence-corrected chi connectivity index (χ3v) is 4.18. The molecule has 1 heterocycles. The van der Waals surface area contributed by atoms with Gasteiger partial charge in [-0.1, -0.05) is 13.0 Å². The lowest BCUT2D eigenvalue weighted by Gasteiger charge is -2.34. The summed E-state index contributed by atoms with van der Waals surface area (Å²) in [6.07, 6.45) is 3.01. The number of thiophene rings is 1. The average Bonchev–Trinajstić information content (AvgIpc) is 2.78. The van der Waals surface area contributed by atoms with E-state index in [1.165, 1.54) is 4.88 Å². The van der Waals surface area contributed by atoms with Crippen LogP contribution in [0.25, 0.3) is 0 Å². The number of hydrogen-bond acceptors (Lipinski definition) is 3. The van der Waals surface area contributed by atoms with E-state index < -0.39 is 0 Å². The van der Waals surface area contributed by atoms with E-state index in [1.807, 2.05) is 6.92 Å². The van der Waals surface area contributed by atoms with Crippen LogP contribution in [0.4, 0.5) is 0 Å². The van der Waals surface area contributed by atoms with Gasteiger partial charge in [0, 0.05) is 17.5 Å². The highest BCUT2D eigenvalue weighted by atomic mass is 32.1. The molecule has 1 aromatic rings. The first-order valence-electron chi connectivity index (χ1n) is 6.04. The maximum Gasteiger partial charge on any atom is 0.0802 e. The van der Waals surface area contributed by atoms with E-state index in [-0.39, 0.29) is 11.6 Å². The molecule has 0 aromatic carbocycles. The van der Waals surface area contributed by atoms with Crippen molar-refractivity contribution in [3.63, 3.8) is 0 Å². The van der Waals surface area contributed by atoms with Gasteiger partial charge in [-0.2, -0.15) is 0 Å². The van der Waals surface area contributed by atoms with E-state index in [0.717, 1.165) is 25.9 Å². The van der Waals surface area contributed by atoms with Crippen molar-refractivity contribution in [1.82, 2.24) is 0 Å². The van der Waals surface area contributed by atoms with Gasteiger partial charge >= 0.3 is 0 Å². The highest BCUT2D eigenvalue weighted by molar-refractivity contribution is 7.09. The van der Waals surface area contributed by atoms with Gasteiger partial charge in [0.05, 0.1) is 5.60 Å². The maximum atomic E-state index is 6.25. The number of aryl methyl sites for hydroxylation is 1. The molecule has 1 rings (SSSR count). The van der Waals surface area contributed by atoms with E-state index in [2.05, 4.69) is 31.4 Å². The third-order valence-electron chi connectivity index (χ3n) is 3.24. The first kappa shape index (κ1) is 13.7. The molecule has 2 nitrogen and oxygen atoms in total. The van der Waals surface area contributed by atoms with Crippen molar-refractivity contribution in [2.45, 2.75) is 51.7 Å². The summed E-state index contributed by atoms with van der Waals surface area (Å²) in [5, 5.41) is 2.11. The second-order valence-corrected chi connectivity index (χ2v) is 5.36. The molecule has 0 aliphatic heterocycles. The number of rotatable bonds is 7. The van der Waals surface area contributed by atoms with Crippen LogP contribution in [0.15, 0.2) is 17.5 Å². The van der Waals surface area contributed by atoms with Crippen LogP contribution in [0, 0.1) is 0 Å². The molecule has 0 saturated carbocycles. The molecule has 92 valence electrons. The maximum absolute atomic E-state index is 6.25. The zero-order chi connectivity index (χ0) is 12.0. The fraction of sp³-hybridized carbons (Fsp3) is 0.692. The SMILES string of the molecule is CCOC(C)(CC)C(N)CCc1cccs1. The van der Waals surface area contributed by atoms with Crippen molar-refractivity contribution < 1.29 is 4.74 Å². The van der Waals surface area contributed by atoms with E-state index in [4.69, 9.17) is 10.5 Å². The molecule has 3 heteroatoms. The van der Waals surface area contributed by atoms with Gasteiger partial charge in [-0.3, -0.25) is 0 Å². The number of ether oxygens (including phenoxy) is 1. The lowest BCUT2D eigenvalue weighted by molar-refractivity contribution is -0.0478. The van der Waals surface area contributed by atoms with Gasteiger partial charge in [0.1, 0.15) is 0 Å². The monoisotopic (exact) mass is 241 g/mol. The Bertz CT molecular complexity index is 286. The van der Waals surface area contributed by atoms with Gasteiger partial charge in [-0.25, -0.2) is 0 Å². The molecular formula is C13H23NOS. The largest absolute Gasteiger partial charge is 0.374 e. The second kappa shape index (κ2) is 6.38. The van der Waals surface area contributed by atoms with Crippen molar-refractivity contribution in [3.8, 4) is 0 Å². The van der Waals surface area contributed by atoms with Crippen LogP contribution in [-0.4, -0.2) is 18.2 Å². The molecule has 0 saturated heterocycles. The Morgan fingerprint density at radius 1 is 1.50 bits per heavy atom. The summed E-state index contributed by atoms with van der Waals surface area (Å²) in [7, 11) is 0. The van der Waals surface area contributed by atoms with E-state index >= 15 is 0 Å². The van der Waals surface area contributed by atoms with Crippen molar-refractivity contribution in [3.05, 3.63) is 22.4 Å². The van der Waals surface area contributed by atoms with Crippen LogP contribution in [-0.2, 0) is 11.2 Å². The zero-order valence-electron chi connectivity index (χ0n) is 10.5. The van der Waals surface area contributed by atoms with E-state index in [9.17, 15) is 0 Å². The second-order valence-electron chi connectivity index (χ2n) is 4.32. The van der Waals surface area contributed by atoms with Crippen LogP contribution in [0.5, 0.6) is 0 Å². The molecule has 2 atom stereocenters. The molecule has 0 radical (unpaired) electrons. The quantitative estimate of drug-likeness (QED) is 0.795. The first-order valence-corrected chi connectivity index (χ1v) is 6.92. The van der Waals surface area contributed by atoms with Gasteiger partial charge in [0.15, 0.2) is 0 Å². The van der Waals surface area contributed by atoms with Crippen LogP contribution in [0.1, 0.15) is 38.5 Å². The fourth-order valence-corrected chi connectivity index (χ4v) is 2.58. The fourth-order valence-electron chi connectivity index (χ4n) is 1.86. The van der Waals surface area contributed by atoms with Gasteiger partial charge in [-0.05, 0) is 44.6 Å². The summed E-state index contributed by atoms with van der Waals surface area (Å²) >= 11 is 1.80. The van der Waals surface area contributed by atoms with Gasteiger partial charge in [0.25, 0.3) is 0 Å². The molecule has 0 amide bonds. The molecule has 2 unspecified atom stereocenters. The molecular weight excluding hydrogens is 218 g/mol. The van der Waals surface area contributed by atoms with Crippen LogP contribution in [0.2, 0.25) is 0 Å². The lowest BCUT2D eigenvalue weighted by Crippen LogP contribution is -2.47. The van der Waals surface area contributed by atoms with Crippen molar-refractivity contribution in [2.75, 3.05) is 6.61 Å². The standard InChI is InChI=1S/C13H23NOS/c1-4-13(3,15-5-2)12(14)9-8-11-7-6-10-16-11/h6-7,10,12H,4-5,8-9,14H2,1-3H3. The molecule has 0 aliphatic carbocycles. The summed E-state index contributed by atoms with van der Waals surface area (Å²) in [5.41, 5.74) is 6.07.